The molecular formula is C13H18ClNO2. The van der Waals surface area contributed by atoms with E-state index in [1.54, 1.807) is 0 Å². The number of aliphatic carboxylic acids is 1. The van der Waals surface area contributed by atoms with Gasteiger partial charge in [0.1, 0.15) is 0 Å². The van der Waals surface area contributed by atoms with Crippen LogP contribution in [0, 0.1) is 12.3 Å². The predicted molar refractivity (Wildman–Crippen MR) is 70.7 cm³/mol. The lowest BCUT2D eigenvalue weighted by molar-refractivity contribution is -0.139. The summed E-state index contributed by atoms with van der Waals surface area (Å²) in [5, 5.41) is 12.7. The molecule has 1 aromatic rings. The van der Waals surface area contributed by atoms with Crippen LogP contribution in [0.2, 0.25) is 5.02 Å². The molecule has 0 atom stereocenters. The van der Waals surface area contributed by atoms with Gasteiger partial charge in [0.25, 0.3) is 0 Å². The number of hydrogen-bond donors (Lipinski definition) is 2. The molecule has 0 aromatic heterocycles. The lowest BCUT2D eigenvalue weighted by atomic mass is 9.89. The molecule has 0 fully saturated rings. The van der Waals surface area contributed by atoms with Crippen LogP contribution in [0.4, 0.5) is 5.69 Å². The normalized spacial score (nSPS) is 11.3. The highest BCUT2D eigenvalue weighted by Crippen LogP contribution is 2.24. The second-order valence-electron chi connectivity index (χ2n) is 5.05. The second kappa shape index (κ2) is 5.41. The van der Waals surface area contributed by atoms with Gasteiger partial charge >= 0.3 is 5.97 Å². The number of aryl methyl sites for hydroxylation is 1. The molecule has 0 amide bonds. The largest absolute Gasteiger partial charge is 0.481 e. The highest BCUT2D eigenvalue weighted by Gasteiger charge is 2.21. The van der Waals surface area contributed by atoms with Crippen LogP contribution in [-0.4, -0.2) is 17.6 Å². The summed E-state index contributed by atoms with van der Waals surface area (Å²) in [4.78, 5) is 10.7. The van der Waals surface area contributed by atoms with E-state index >= 15 is 0 Å². The molecule has 3 nitrogen and oxygen atoms in total. The summed E-state index contributed by atoms with van der Waals surface area (Å²) in [6.07, 6.45) is 0.138. The molecule has 1 aromatic carbocycles. The first-order chi connectivity index (χ1) is 7.80. The number of carbonyl (C=O) groups is 1. The minimum absolute atomic E-state index is 0.138. The van der Waals surface area contributed by atoms with Crippen molar-refractivity contribution in [2.75, 3.05) is 11.9 Å². The molecule has 0 heterocycles. The first-order valence-electron chi connectivity index (χ1n) is 5.52. The third kappa shape index (κ3) is 4.65. The molecule has 94 valence electrons. The lowest BCUT2D eigenvalue weighted by Gasteiger charge is -2.23. The first-order valence-corrected chi connectivity index (χ1v) is 5.90. The molecule has 1 rings (SSSR count). The van der Waals surface area contributed by atoms with Crippen molar-refractivity contribution in [2.24, 2.45) is 5.41 Å². The maximum Gasteiger partial charge on any atom is 0.303 e. The Balaban J connectivity index is 2.60. The molecule has 0 aliphatic carbocycles. The van der Waals surface area contributed by atoms with E-state index in [0.29, 0.717) is 11.6 Å². The predicted octanol–water partition coefficient (Wildman–Crippen LogP) is 3.56. The van der Waals surface area contributed by atoms with Gasteiger partial charge in [0.2, 0.25) is 0 Å². The van der Waals surface area contributed by atoms with Gasteiger partial charge in [0.05, 0.1) is 6.42 Å². The van der Waals surface area contributed by atoms with E-state index in [1.807, 2.05) is 39.0 Å². The average molecular weight is 256 g/mol. The molecule has 0 saturated carbocycles. The number of anilines is 1. The average Bonchev–Trinajstić information content (AvgIpc) is 2.18. The minimum Gasteiger partial charge on any atom is -0.481 e. The van der Waals surface area contributed by atoms with Gasteiger partial charge in [-0.2, -0.15) is 0 Å². The highest BCUT2D eigenvalue weighted by molar-refractivity contribution is 6.31. The van der Waals surface area contributed by atoms with Crippen LogP contribution >= 0.6 is 11.6 Å². The van der Waals surface area contributed by atoms with Gasteiger partial charge in [-0.1, -0.05) is 31.5 Å². The maximum absolute atomic E-state index is 10.7. The van der Waals surface area contributed by atoms with Gasteiger partial charge in [-0.25, -0.2) is 0 Å². The number of benzene rings is 1. The Hall–Kier alpha value is -1.22. The molecule has 0 unspecified atom stereocenters. The smallest absolute Gasteiger partial charge is 0.303 e. The molecule has 0 spiro atoms. The third-order valence-electron chi connectivity index (χ3n) is 2.57. The molecule has 2 N–H and O–H groups in total. The Bertz CT molecular complexity index is 416. The Labute approximate surface area is 107 Å². The zero-order chi connectivity index (χ0) is 13.1. The molecule has 0 saturated heterocycles. The summed E-state index contributed by atoms with van der Waals surface area (Å²) < 4.78 is 0. The standard InChI is InChI=1S/C13H18ClNO2/c1-9-4-5-10(6-11(9)14)15-8-13(2,3)7-12(16)17/h4-6,15H,7-8H2,1-3H3,(H,16,17). The molecule has 0 aliphatic rings. The van der Waals surface area contributed by atoms with Crippen LogP contribution in [0.1, 0.15) is 25.8 Å². The molecule has 0 aliphatic heterocycles. The summed E-state index contributed by atoms with van der Waals surface area (Å²) >= 11 is 6.01. The van der Waals surface area contributed by atoms with Gasteiger partial charge in [0, 0.05) is 17.3 Å². The molecule has 0 radical (unpaired) electrons. The van der Waals surface area contributed by atoms with Crippen molar-refractivity contribution < 1.29 is 9.90 Å². The molecule has 17 heavy (non-hydrogen) atoms. The van der Waals surface area contributed by atoms with Gasteiger partial charge < -0.3 is 10.4 Å². The van der Waals surface area contributed by atoms with E-state index in [9.17, 15) is 4.79 Å². The Kier molecular flexibility index (Phi) is 4.40. The summed E-state index contributed by atoms with van der Waals surface area (Å²) in [5.41, 5.74) is 1.66. The monoisotopic (exact) mass is 255 g/mol. The van der Waals surface area contributed by atoms with E-state index in [2.05, 4.69) is 5.32 Å². The molecule has 4 heteroatoms. The van der Waals surface area contributed by atoms with Gasteiger partial charge in [-0.15, -0.1) is 0 Å². The first kappa shape index (κ1) is 13.8. The maximum atomic E-state index is 10.7. The highest BCUT2D eigenvalue weighted by atomic mass is 35.5. The van der Waals surface area contributed by atoms with Crippen molar-refractivity contribution in [2.45, 2.75) is 27.2 Å². The fourth-order valence-electron chi connectivity index (χ4n) is 1.52. The number of rotatable bonds is 5. The van der Waals surface area contributed by atoms with E-state index in [-0.39, 0.29) is 11.8 Å². The zero-order valence-electron chi connectivity index (χ0n) is 10.4. The quantitative estimate of drug-likeness (QED) is 0.846. The van der Waals surface area contributed by atoms with Crippen LogP contribution in [0.15, 0.2) is 18.2 Å². The minimum atomic E-state index is -0.779. The van der Waals surface area contributed by atoms with Crippen LogP contribution in [-0.2, 0) is 4.79 Å². The van der Waals surface area contributed by atoms with Crippen LogP contribution in [0.3, 0.4) is 0 Å². The number of hydrogen-bond acceptors (Lipinski definition) is 2. The number of halogens is 1. The fourth-order valence-corrected chi connectivity index (χ4v) is 1.70. The molecular weight excluding hydrogens is 238 g/mol. The Morgan fingerprint density at radius 3 is 2.65 bits per heavy atom. The van der Waals surface area contributed by atoms with Gasteiger partial charge in [0.15, 0.2) is 0 Å². The van der Waals surface area contributed by atoms with Gasteiger partial charge in [-0.05, 0) is 30.0 Å². The Morgan fingerprint density at radius 1 is 1.47 bits per heavy atom. The number of carboxylic acids is 1. The second-order valence-corrected chi connectivity index (χ2v) is 5.46. The fraction of sp³-hybridized carbons (Fsp3) is 0.462. The number of nitrogens with one attached hydrogen (secondary N) is 1. The van der Waals surface area contributed by atoms with Crippen LogP contribution in [0.25, 0.3) is 0 Å². The summed E-state index contributed by atoms with van der Waals surface area (Å²) in [7, 11) is 0. The van der Waals surface area contributed by atoms with Crippen molar-refractivity contribution in [3.05, 3.63) is 28.8 Å². The van der Waals surface area contributed by atoms with Crippen molar-refractivity contribution in [3.63, 3.8) is 0 Å². The van der Waals surface area contributed by atoms with Crippen molar-refractivity contribution in [1.29, 1.82) is 0 Å². The summed E-state index contributed by atoms with van der Waals surface area (Å²) in [5.74, 6) is -0.779. The molecule has 0 bridgehead atoms. The Morgan fingerprint density at radius 2 is 2.12 bits per heavy atom. The van der Waals surface area contributed by atoms with E-state index in [1.165, 1.54) is 0 Å². The number of carboxylic acid groups (broad SMARTS) is 1. The summed E-state index contributed by atoms with van der Waals surface area (Å²) in [6, 6.07) is 5.74. The van der Waals surface area contributed by atoms with Crippen molar-refractivity contribution >= 4 is 23.3 Å². The topological polar surface area (TPSA) is 49.3 Å². The van der Waals surface area contributed by atoms with E-state index in [4.69, 9.17) is 16.7 Å². The van der Waals surface area contributed by atoms with E-state index in [0.717, 1.165) is 11.3 Å². The van der Waals surface area contributed by atoms with E-state index < -0.39 is 5.97 Å². The van der Waals surface area contributed by atoms with Crippen LogP contribution in [0.5, 0.6) is 0 Å². The SMILES string of the molecule is Cc1ccc(NCC(C)(C)CC(=O)O)cc1Cl. The summed E-state index contributed by atoms with van der Waals surface area (Å²) in [6.45, 7) is 6.38. The zero-order valence-corrected chi connectivity index (χ0v) is 11.1. The van der Waals surface area contributed by atoms with Crippen LogP contribution < -0.4 is 5.32 Å². The third-order valence-corrected chi connectivity index (χ3v) is 2.98. The van der Waals surface area contributed by atoms with Crippen molar-refractivity contribution in [3.8, 4) is 0 Å². The lowest BCUT2D eigenvalue weighted by Crippen LogP contribution is -2.26. The van der Waals surface area contributed by atoms with Crippen molar-refractivity contribution in [1.82, 2.24) is 0 Å². The van der Waals surface area contributed by atoms with Gasteiger partial charge in [-0.3, -0.25) is 4.79 Å².